The van der Waals surface area contributed by atoms with Gasteiger partial charge in [-0.2, -0.15) is 5.10 Å². The van der Waals surface area contributed by atoms with Crippen molar-refractivity contribution in [3.05, 3.63) is 46.5 Å². The van der Waals surface area contributed by atoms with Crippen molar-refractivity contribution in [1.82, 2.24) is 25.4 Å². The van der Waals surface area contributed by atoms with Gasteiger partial charge in [0.25, 0.3) is 0 Å². The van der Waals surface area contributed by atoms with Gasteiger partial charge >= 0.3 is 0 Å². The largest absolute Gasteiger partial charge is 0.356 e. The minimum atomic E-state index is 0. The van der Waals surface area contributed by atoms with Gasteiger partial charge in [-0.25, -0.2) is 9.67 Å². The molecule has 1 unspecified atom stereocenters. The summed E-state index contributed by atoms with van der Waals surface area (Å²) < 4.78 is 3.13. The topological polar surface area (TPSA) is 67.1 Å². The van der Waals surface area contributed by atoms with Gasteiger partial charge in [0, 0.05) is 35.9 Å². The van der Waals surface area contributed by atoms with Gasteiger partial charge in [-0.3, -0.25) is 4.99 Å². The highest BCUT2D eigenvalue weighted by Crippen LogP contribution is 2.48. The van der Waals surface area contributed by atoms with Gasteiger partial charge in [-0.05, 0) is 37.0 Å². The summed E-state index contributed by atoms with van der Waals surface area (Å²) in [6, 6.07) is 8.99. The van der Waals surface area contributed by atoms with Gasteiger partial charge in [0.1, 0.15) is 12.2 Å². The van der Waals surface area contributed by atoms with Crippen molar-refractivity contribution < 1.29 is 0 Å². The molecule has 6 nitrogen and oxygen atoms in total. The zero-order valence-electron chi connectivity index (χ0n) is 14.8. The summed E-state index contributed by atoms with van der Waals surface area (Å²) in [7, 11) is 1.83. The van der Waals surface area contributed by atoms with Crippen LogP contribution >= 0.6 is 39.9 Å². The molecule has 1 aliphatic heterocycles. The number of rotatable bonds is 4. The molecule has 140 valence electrons. The molecule has 1 fully saturated rings. The molecule has 26 heavy (non-hydrogen) atoms. The number of nitrogens with one attached hydrogen (secondary N) is 2. The Hall–Kier alpha value is -1.16. The Morgan fingerprint density at radius 1 is 1.42 bits per heavy atom. The molecule has 0 radical (unpaired) electrons. The van der Waals surface area contributed by atoms with Gasteiger partial charge < -0.3 is 10.6 Å². The zero-order valence-corrected chi connectivity index (χ0v) is 18.7. The number of fused-ring (bicyclic) bond motifs is 1. The molecule has 2 aliphatic rings. The predicted octanol–water partition coefficient (Wildman–Crippen LogP) is 2.87. The number of hydrogen-bond donors (Lipinski definition) is 2. The van der Waals surface area contributed by atoms with E-state index in [2.05, 4.69) is 65.9 Å². The van der Waals surface area contributed by atoms with E-state index in [1.807, 2.05) is 11.7 Å². The molecule has 0 spiro atoms. The van der Waals surface area contributed by atoms with E-state index in [0.29, 0.717) is 6.04 Å². The van der Waals surface area contributed by atoms with Crippen molar-refractivity contribution in [3.63, 3.8) is 0 Å². The molecule has 0 bridgehead atoms. The van der Waals surface area contributed by atoms with Crippen LogP contribution in [0.3, 0.4) is 0 Å². The first-order chi connectivity index (χ1) is 12.2. The van der Waals surface area contributed by atoms with Crippen LogP contribution in [0.15, 0.2) is 40.1 Å². The number of guanidine groups is 1. The lowest BCUT2D eigenvalue weighted by Crippen LogP contribution is -2.48. The van der Waals surface area contributed by atoms with E-state index in [1.54, 1.807) is 6.33 Å². The maximum absolute atomic E-state index is 4.41. The lowest BCUT2D eigenvalue weighted by molar-refractivity contribution is 0.392. The minimum absolute atomic E-state index is 0. The average Bonchev–Trinajstić information content (AvgIpc) is 3.28. The van der Waals surface area contributed by atoms with Crippen molar-refractivity contribution in [2.24, 2.45) is 4.99 Å². The molecule has 4 rings (SSSR count). The van der Waals surface area contributed by atoms with Gasteiger partial charge in [0.05, 0.1) is 6.54 Å². The second kappa shape index (κ2) is 8.24. The molecule has 1 atom stereocenters. The molecule has 1 aliphatic carbocycles. The average molecular weight is 531 g/mol. The van der Waals surface area contributed by atoms with E-state index >= 15 is 0 Å². The standard InChI is InChI=1S/C18H23BrN6.HI/c1-20-17(24-15-5-6-16-22-12-23-25(16)10-15)21-11-18(7-8-18)13-3-2-4-14(19)9-13;/h2-4,9,12,15H,5-8,10-11H2,1H3,(H2,20,21,24);1H. The Labute approximate surface area is 179 Å². The fourth-order valence-electron chi connectivity index (χ4n) is 3.53. The molecule has 1 saturated carbocycles. The lowest BCUT2D eigenvalue weighted by atomic mass is 9.96. The Morgan fingerprint density at radius 3 is 3.00 bits per heavy atom. The summed E-state index contributed by atoms with van der Waals surface area (Å²) in [5.74, 6) is 1.95. The quantitative estimate of drug-likeness (QED) is 0.362. The number of aliphatic imine (C=N–C) groups is 1. The third-order valence-electron chi connectivity index (χ3n) is 5.25. The highest BCUT2D eigenvalue weighted by atomic mass is 127. The molecular formula is C18H24BrIN6. The van der Waals surface area contributed by atoms with E-state index < -0.39 is 0 Å². The molecule has 2 N–H and O–H groups in total. The van der Waals surface area contributed by atoms with Crippen molar-refractivity contribution in [2.75, 3.05) is 13.6 Å². The second-order valence-electron chi connectivity index (χ2n) is 6.95. The summed E-state index contributed by atoms with van der Waals surface area (Å²) in [5, 5.41) is 11.4. The SMILES string of the molecule is CN=C(NCC1(c2cccc(Br)c2)CC1)NC1CCc2ncnn2C1.I. The van der Waals surface area contributed by atoms with Crippen molar-refractivity contribution in [1.29, 1.82) is 0 Å². The van der Waals surface area contributed by atoms with Gasteiger partial charge in [0.15, 0.2) is 5.96 Å². The first-order valence-electron chi connectivity index (χ1n) is 8.78. The van der Waals surface area contributed by atoms with Crippen molar-refractivity contribution >= 4 is 45.9 Å². The van der Waals surface area contributed by atoms with Crippen molar-refractivity contribution in [3.8, 4) is 0 Å². The normalized spacial score (nSPS) is 20.7. The number of aryl methyl sites for hydroxylation is 1. The second-order valence-corrected chi connectivity index (χ2v) is 7.87. The number of nitrogens with zero attached hydrogens (tertiary/aromatic N) is 4. The van der Waals surface area contributed by atoms with Gasteiger partial charge in [-0.1, -0.05) is 28.1 Å². The summed E-state index contributed by atoms with van der Waals surface area (Å²) in [6.07, 6.45) is 6.09. The van der Waals surface area contributed by atoms with Crippen LogP contribution in [0.1, 0.15) is 30.7 Å². The number of hydrogen-bond acceptors (Lipinski definition) is 3. The van der Waals surface area contributed by atoms with Crippen LogP contribution in [0.5, 0.6) is 0 Å². The predicted molar refractivity (Wildman–Crippen MR) is 117 cm³/mol. The number of halogens is 2. The highest BCUT2D eigenvalue weighted by Gasteiger charge is 2.44. The van der Waals surface area contributed by atoms with Crippen LogP contribution in [-0.4, -0.2) is 40.4 Å². The first-order valence-corrected chi connectivity index (χ1v) is 9.58. The highest BCUT2D eigenvalue weighted by molar-refractivity contribution is 14.0. The van der Waals surface area contributed by atoms with E-state index in [0.717, 1.165) is 42.2 Å². The summed E-state index contributed by atoms with van der Waals surface area (Å²) in [4.78, 5) is 8.69. The Balaban J connectivity index is 0.00000196. The smallest absolute Gasteiger partial charge is 0.191 e. The Bertz CT molecular complexity index is 785. The first kappa shape index (κ1) is 19.6. The van der Waals surface area contributed by atoms with Crippen LogP contribution in [0.25, 0.3) is 0 Å². The van der Waals surface area contributed by atoms with Crippen LogP contribution in [-0.2, 0) is 18.4 Å². The molecule has 1 aromatic heterocycles. The molecule has 8 heteroatoms. The molecule has 0 saturated heterocycles. The zero-order chi connectivity index (χ0) is 17.3. The van der Waals surface area contributed by atoms with Gasteiger partial charge in [0.2, 0.25) is 0 Å². The Kier molecular flexibility index (Phi) is 6.21. The third kappa shape index (κ3) is 4.21. The molecule has 1 aromatic carbocycles. The van der Waals surface area contributed by atoms with E-state index in [4.69, 9.17) is 0 Å². The lowest BCUT2D eigenvalue weighted by Gasteiger charge is -2.26. The molecule has 2 heterocycles. The van der Waals surface area contributed by atoms with Crippen LogP contribution < -0.4 is 10.6 Å². The molecule has 2 aromatic rings. The fourth-order valence-corrected chi connectivity index (χ4v) is 3.93. The molecular weight excluding hydrogens is 507 g/mol. The molecule has 0 amide bonds. The van der Waals surface area contributed by atoms with Crippen LogP contribution in [0, 0.1) is 0 Å². The minimum Gasteiger partial charge on any atom is -0.356 e. The van der Waals surface area contributed by atoms with Crippen molar-refractivity contribution in [2.45, 2.75) is 43.7 Å². The number of aromatic nitrogens is 3. The van der Waals surface area contributed by atoms with Crippen LogP contribution in [0.2, 0.25) is 0 Å². The van der Waals surface area contributed by atoms with E-state index in [9.17, 15) is 0 Å². The summed E-state index contributed by atoms with van der Waals surface area (Å²) in [5.41, 5.74) is 1.64. The van der Waals surface area contributed by atoms with Gasteiger partial charge in [-0.15, -0.1) is 24.0 Å². The fraction of sp³-hybridized carbons (Fsp3) is 0.500. The summed E-state index contributed by atoms with van der Waals surface area (Å²) >= 11 is 3.58. The van der Waals surface area contributed by atoms with E-state index in [-0.39, 0.29) is 29.4 Å². The number of benzene rings is 1. The third-order valence-corrected chi connectivity index (χ3v) is 5.75. The monoisotopic (exact) mass is 530 g/mol. The van der Waals surface area contributed by atoms with Crippen LogP contribution in [0.4, 0.5) is 0 Å². The summed E-state index contributed by atoms with van der Waals surface area (Å²) in [6.45, 7) is 1.75. The maximum Gasteiger partial charge on any atom is 0.191 e. The van der Waals surface area contributed by atoms with E-state index in [1.165, 1.54) is 18.4 Å². The Morgan fingerprint density at radius 2 is 2.27 bits per heavy atom. The maximum atomic E-state index is 4.41.